The molecule has 0 radical (unpaired) electrons. The Kier molecular flexibility index (Phi) is 3.27. The maximum absolute atomic E-state index is 10.8. The molecule has 6 heteroatoms. The number of nitrogens with zero attached hydrogens (tertiary/aromatic N) is 3. The number of carboxylic acids is 1. The van der Waals surface area contributed by atoms with Crippen molar-refractivity contribution < 1.29 is 9.90 Å². The Balaban J connectivity index is 2.14. The van der Waals surface area contributed by atoms with Crippen LogP contribution >= 0.6 is 0 Å². The number of hydrogen-bond donors (Lipinski definition) is 2. The van der Waals surface area contributed by atoms with Gasteiger partial charge in [-0.3, -0.25) is 4.68 Å². The summed E-state index contributed by atoms with van der Waals surface area (Å²) in [5.41, 5.74) is 1.78. The fraction of sp³-hybridized carbons (Fsp3) is 0.250. The summed E-state index contributed by atoms with van der Waals surface area (Å²) in [4.78, 5) is 14.6. The normalized spacial score (nSPS) is 12.1. The third-order valence-corrected chi connectivity index (χ3v) is 2.59. The molecule has 0 aromatic carbocycles. The second-order valence-corrected chi connectivity index (χ2v) is 4.05. The predicted octanol–water partition coefficient (Wildman–Crippen LogP) is 1.69. The van der Waals surface area contributed by atoms with Crippen LogP contribution in [-0.2, 0) is 7.05 Å². The van der Waals surface area contributed by atoms with E-state index in [1.165, 1.54) is 12.3 Å². The Bertz CT molecular complexity index is 565. The van der Waals surface area contributed by atoms with Crippen molar-refractivity contribution in [1.82, 2.24) is 14.8 Å². The topological polar surface area (TPSA) is 80.0 Å². The molecule has 0 amide bonds. The minimum absolute atomic E-state index is 0.0263. The number of aromatic carboxylic acids is 1. The molecule has 2 rings (SSSR count). The summed E-state index contributed by atoms with van der Waals surface area (Å²) in [6.07, 6.45) is 5.16. The Morgan fingerprint density at radius 1 is 1.56 bits per heavy atom. The molecule has 18 heavy (non-hydrogen) atoms. The van der Waals surface area contributed by atoms with Gasteiger partial charge >= 0.3 is 5.97 Å². The lowest BCUT2D eigenvalue weighted by atomic mass is 10.2. The average molecular weight is 246 g/mol. The Morgan fingerprint density at radius 3 is 2.94 bits per heavy atom. The van der Waals surface area contributed by atoms with Gasteiger partial charge in [0.25, 0.3) is 0 Å². The van der Waals surface area contributed by atoms with E-state index in [-0.39, 0.29) is 11.7 Å². The first-order valence-corrected chi connectivity index (χ1v) is 5.50. The number of anilines is 1. The molecular formula is C12H14N4O2. The van der Waals surface area contributed by atoms with Crippen molar-refractivity contribution >= 4 is 11.7 Å². The molecule has 0 bridgehead atoms. The number of pyridine rings is 1. The highest BCUT2D eigenvalue weighted by Crippen LogP contribution is 2.18. The van der Waals surface area contributed by atoms with E-state index in [0.717, 1.165) is 11.3 Å². The van der Waals surface area contributed by atoms with Crippen molar-refractivity contribution in [2.24, 2.45) is 7.05 Å². The van der Waals surface area contributed by atoms with E-state index in [4.69, 9.17) is 5.11 Å². The molecule has 0 fully saturated rings. The molecule has 0 aliphatic rings. The van der Waals surface area contributed by atoms with Gasteiger partial charge in [-0.05, 0) is 19.1 Å². The summed E-state index contributed by atoms with van der Waals surface area (Å²) in [7, 11) is 1.85. The van der Waals surface area contributed by atoms with Crippen molar-refractivity contribution in [1.29, 1.82) is 0 Å². The molecule has 0 saturated heterocycles. The van der Waals surface area contributed by atoms with E-state index in [9.17, 15) is 4.79 Å². The molecule has 0 aliphatic heterocycles. The first-order valence-electron chi connectivity index (χ1n) is 5.50. The lowest BCUT2D eigenvalue weighted by Crippen LogP contribution is -2.07. The molecule has 94 valence electrons. The van der Waals surface area contributed by atoms with Crippen molar-refractivity contribution in [2.75, 3.05) is 5.32 Å². The molecule has 6 nitrogen and oxygen atoms in total. The largest absolute Gasteiger partial charge is 0.477 e. The van der Waals surface area contributed by atoms with E-state index in [2.05, 4.69) is 15.4 Å². The fourth-order valence-electron chi connectivity index (χ4n) is 1.63. The highest BCUT2D eigenvalue weighted by atomic mass is 16.4. The Hall–Kier alpha value is -2.37. The van der Waals surface area contributed by atoms with Crippen LogP contribution in [0.15, 0.2) is 30.7 Å². The molecule has 0 saturated carbocycles. The summed E-state index contributed by atoms with van der Waals surface area (Å²) in [6, 6.07) is 3.29. The van der Waals surface area contributed by atoms with Crippen LogP contribution in [0.4, 0.5) is 5.69 Å². The van der Waals surface area contributed by atoms with Crippen LogP contribution in [0, 0.1) is 0 Å². The number of aromatic nitrogens is 3. The van der Waals surface area contributed by atoms with Gasteiger partial charge in [-0.15, -0.1) is 0 Å². The maximum atomic E-state index is 10.8. The van der Waals surface area contributed by atoms with Crippen LogP contribution in [0.5, 0.6) is 0 Å². The van der Waals surface area contributed by atoms with Gasteiger partial charge in [-0.25, -0.2) is 9.78 Å². The highest BCUT2D eigenvalue weighted by molar-refractivity contribution is 5.86. The van der Waals surface area contributed by atoms with Crippen LogP contribution in [0.25, 0.3) is 0 Å². The van der Waals surface area contributed by atoms with Gasteiger partial charge in [0.05, 0.1) is 12.2 Å². The summed E-state index contributed by atoms with van der Waals surface area (Å²) in [5, 5.41) is 16.2. The zero-order chi connectivity index (χ0) is 13.1. The molecule has 0 aliphatic carbocycles. The van der Waals surface area contributed by atoms with E-state index in [1.54, 1.807) is 16.9 Å². The SMILES string of the molecule is CC(Nc1ccnc(C(=O)O)c1)c1cnn(C)c1. The van der Waals surface area contributed by atoms with Crippen molar-refractivity contribution in [3.05, 3.63) is 42.0 Å². The molecule has 0 spiro atoms. The summed E-state index contributed by atoms with van der Waals surface area (Å²) < 4.78 is 1.72. The van der Waals surface area contributed by atoms with Crippen LogP contribution in [0.3, 0.4) is 0 Å². The van der Waals surface area contributed by atoms with Gasteiger partial charge in [0.1, 0.15) is 5.69 Å². The second-order valence-electron chi connectivity index (χ2n) is 4.05. The summed E-state index contributed by atoms with van der Waals surface area (Å²) >= 11 is 0. The smallest absolute Gasteiger partial charge is 0.354 e. The number of carbonyl (C=O) groups is 1. The Labute approximate surface area is 104 Å². The lowest BCUT2D eigenvalue weighted by Gasteiger charge is -2.13. The predicted molar refractivity (Wildman–Crippen MR) is 66.4 cm³/mol. The monoisotopic (exact) mass is 246 g/mol. The third kappa shape index (κ3) is 2.65. The number of aryl methyl sites for hydroxylation is 1. The van der Waals surface area contributed by atoms with Gasteiger partial charge in [-0.1, -0.05) is 0 Å². The Morgan fingerprint density at radius 2 is 2.33 bits per heavy atom. The van der Waals surface area contributed by atoms with E-state index < -0.39 is 5.97 Å². The third-order valence-electron chi connectivity index (χ3n) is 2.59. The second kappa shape index (κ2) is 4.87. The lowest BCUT2D eigenvalue weighted by molar-refractivity contribution is 0.0690. The minimum Gasteiger partial charge on any atom is -0.477 e. The quantitative estimate of drug-likeness (QED) is 0.858. The first kappa shape index (κ1) is 12.1. The molecule has 1 atom stereocenters. The number of carboxylic acid groups (broad SMARTS) is 1. The molecule has 2 heterocycles. The number of hydrogen-bond acceptors (Lipinski definition) is 4. The van der Waals surface area contributed by atoms with Gasteiger partial charge in [0.2, 0.25) is 0 Å². The summed E-state index contributed by atoms with van der Waals surface area (Å²) in [6.45, 7) is 1.98. The maximum Gasteiger partial charge on any atom is 0.354 e. The molecule has 2 N–H and O–H groups in total. The molecule has 2 aromatic heterocycles. The highest BCUT2D eigenvalue weighted by Gasteiger charge is 2.09. The minimum atomic E-state index is -1.03. The van der Waals surface area contributed by atoms with Crippen molar-refractivity contribution in [3.8, 4) is 0 Å². The summed E-state index contributed by atoms with van der Waals surface area (Å²) in [5.74, 6) is -1.03. The first-order chi connectivity index (χ1) is 8.56. The van der Waals surface area contributed by atoms with Crippen LogP contribution < -0.4 is 5.32 Å². The van der Waals surface area contributed by atoms with Crippen molar-refractivity contribution in [3.63, 3.8) is 0 Å². The zero-order valence-corrected chi connectivity index (χ0v) is 10.2. The molecular weight excluding hydrogens is 232 g/mol. The molecule has 2 aromatic rings. The van der Waals surface area contributed by atoms with Crippen molar-refractivity contribution in [2.45, 2.75) is 13.0 Å². The van der Waals surface area contributed by atoms with Crippen LogP contribution in [0.2, 0.25) is 0 Å². The molecule has 1 unspecified atom stereocenters. The standard InChI is InChI=1S/C12H14N4O2/c1-8(9-6-14-16(2)7-9)15-10-3-4-13-11(5-10)12(17)18/h3-8H,1-2H3,(H,13,15)(H,17,18). The van der Waals surface area contributed by atoms with Gasteiger partial charge in [-0.2, -0.15) is 5.10 Å². The van der Waals surface area contributed by atoms with Gasteiger partial charge in [0, 0.05) is 30.7 Å². The van der Waals surface area contributed by atoms with Gasteiger partial charge in [0.15, 0.2) is 0 Å². The number of nitrogens with one attached hydrogen (secondary N) is 1. The van der Waals surface area contributed by atoms with Crippen LogP contribution in [0.1, 0.15) is 29.0 Å². The zero-order valence-electron chi connectivity index (χ0n) is 10.2. The fourth-order valence-corrected chi connectivity index (χ4v) is 1.63. The van der Waals surface area contributed by atoms with Gasteiger partial charge < -0.3 is 10.4 Å². The average Bonchev–Trinajstić information content (AvgIpc) is 2.76. The van der Waals surface area contributed by atoms with Crippen LogP contribution in [-0.4, -0.2) is 25.8 Å². The van der Waals surface area contributed by atoms with E-state index in [0.29, 0.717) is 0 Å². The van der Waals surface area contributed by atoms with E-state index in [1.807, 2.05) is 20.2 Å². The van der Waals surface area contributed by atoms with E-state index >= 15 is 0 Å². The number of rotatable bonds is 4.